The monoisotopic (exact) mass is 743 g/mol. The molecule has 0 spiro atoms. The Hall–Kier alpha value is -3.74. The van der Waals surface area contributed by atoms with Crippen LogP contribution in [0.15, 0.2) is 23.6 Å². The number of H-pyrrole nitrogens is 1. The first-order valence-electron chi connectivity index (χ1n) is 14.5. The molecule has 1 amide bonds. The van der Waals surface area contributed by atoms with Gasteiger partial charge in [0.15, 0.2) is 35.3 Å². The van der Waals surface area contributed by atoms with Crippen LogP contribution in [0.3, 0.4) is 0 Å². The molecule has 0 bridgehead atoms. The molecule has 1 fully saturated rings. The van der Waals surface area contributed by atoms with E-state index < -0.39 is 70.2 Å². The number of halogens is 1. The topological polar surface area (TPSA) is 264 Å². The van der Waals surface area contributed by atoms with E-state index >= 15 is 4.39 Å². The van der Waals surface area contributed by atoms with Gasteiger partial charge in [-0.15, -0.1) is 9.42 Å². The molecule has 1 saturated heterocycles. The summed E-state index contributed by atoms with van der Waals surface area (Å²) in [5.74, 6) is -0.814. The smallest absolute Gasteiger partial charge is 0.388 e. The molecule has 4 N–H and O–H groups in total. The van der Waals surface area contributed by atoms with Crippen LogP contribution < -0.4 is 10.9 Å². The zero-order valence-corrected chi connectivity index (χ0v) is 28.4. The number of nitriles is 1. The van der Waals surface area contributed by atoms with Crippen LogP contribution in [0.2, 0.25) is 0 Å². The van der Waals surface area contributed by atoms with Crippen LogP contribution in [0.4, 0.5) is 10.3 Å². The van der Waals surface area contributed by atoms with E-state index in [0.29, 0.717) is 11.2 Å². The molecule has 0 saturated carbocycles. The Morgan fingerprint density at radius 2 is 2.06 bits per heavy atom. The SMILES string of the molecule is CC(C)C(=O)Nc1nc2c(ncn2[C@@H]2O[C@H](COP(=S)(OCCC#N)OCCn3c(CO)nc4cncnc43)[C@@H](F)[C@H]2O[P+](=O)O)c(=O)[nH]1. The van der Waals surface area contributed by atoms with Crippen molar-refractivity contribution in [1.29, 1.82) is 5.26 Å². The highest BCUT2D eigenvalue weighted by Crippen LogP contribution is 2.51. The number of nitrogens with one attached hydrogen (secondary N) is 2. The number of ether oxygens (including phenoxy) is 1. The number of anilines is 1. The molecular weight excluding hydrogens is 713 g/mol. The lowest BCUT2D eigenvalue weighted by Crippen LogP contribution is -2.31. The molecule has 4 aromatic heterocycles. The van der Waals surface area contributed by atoms with Crippen LogP contribution in [0.5, 0.6) is 0 Å². The van der Waals surface area contributed by atoms with Crippen molar-refractivity contribution >= 4 is 61.0 Å². The molecule has 20 nitrogen and oxygen atoms in total. The summed E-state index contributed by atoms with van der Waals surface area (Å²) in [6, 6.07) is 1.91. The lowest BCUT2D eigenvalue weighted by atomic mass is 10.1. The number of carbonyl (C=O) groups excluding carboxylic acids is 1. The summed E-state index contributed by atoms with van der Waals surface area (Å²) in [6.07, 6.45) is -2.95. The van der Waals surface area contributed by atoms with Gasteiger partial charge in [-0.2, -0.15) is 10.2 Å². The number of imidazole rings is 2. The van der Waals surface area contributed by atoms with Gasteiger partial charge in [-0.3, -0.25) is 24.5 Å². The number of nitrogens with zero attached hydrogens (tertiary/aromatic N) is 8. The average Bonchev–Trinajstić information content (AvgIpc) is 3.74. The zero-order chi connectivity index (χ0) is 35.3. The van der Waals surface area contributed by atoms with Crippen LogP contribution in [0, 0.1) is 17.2 Å². The third-order valence-corrected chi connectivity index (χ3v) is 9.84. The van der Waals surface area contributed by atoms with Crippen molar-refractivity contribution in [1.82, 2.24) is 39.0 Å². The Morgan fingerprint density at radius 1 is 1.29 bits per heavy atom. The van der Waals surface area contributed by atoms with Crippen molar-refractivity contribution in [2.45, 2.75) is 58.0 Å². The Kier molecular flexibility index (Phi) is 11.8. The second kappa shape index (κ2) is 15.9. The Balaban J connectivity index is 1.35. The summed E-state index contributed by atoms with van der Waals surface area (Å²) in [4.78, 5) is 57.4. The third kappa shape index (κ3) is 8.36. The highest BCUT2D eigenvalue weighted by molar-refractivity contribution is 8.07. The van der Waals surface area contributed by atoms with Crippen LogP contribution in [0.25, 0.3) is 22.3 Å². The van der Waals surface area contributed by atoms with Gasteiger partial charge in [0.2, 0.25) is 11.9 Å². The van der Waals surface area contributed by atoms with Gasteiger partial charge in [0.25, 0.3) is 5.56 Å². The maximum Gasteiger partial charge on any atom is 0.695 e. The summed E-state index contributed by atoms with van der Waals surface area (Å²) >= 11 is 5.53. The minimum atomic E-state index is -3.69. The summed E-state index contributed by atoms with van der Waals surface area (Å²) in [5.41, 5.74) is -0.185. The lowest BCUT2D eigenvalue weighted by molar-refractivity contribution is -0.118. The Morgan fingerprint density at radius 3 is 2.78 bits per heavy atom. The van der Waals surface area contributed by atoms with Gasteiger partial charge in [0, 0.05) is 17.0 Å². The lowest BCUT2D eigenvalue weighted by Gasteiger charge is -2.24. The fraction of sp³-hybridized carbons (Fsp3) is 0.520. The highest BCUT2D eigenvalue weighted by Gasteiger charge is 2.52. The zero-order valence-electron chi connectivity index (χ0n) is 25.8. The van der Waals surface area contributed by atoms with Crippen molar-refractivity contribution in [2.75, 3.05) is 25.1 Å². The van der Waals surface area contributed by atoms with Gasteiger partial charge in [-0.05, 0) is 11.8 Å². The van der Waals surface area contributed by atoms with Gasteiger partial charge in [-0.1, -0.05) is 13.8 Å². The normalized spacial score (nSPS) is 20.9. The number of hydrogen-bond acceptors (Lipinski definition) is 16. The first-order valence-corrected chi connectivity index (χ1v) is 18.2. The van der Waals surface area contributed by atoms with E-state index in [9.17, 15) is 24.2 Å². The maximum atomic E-state index is 15.9. The number of aromatic amines is 1. The molecular formula is C25H30FN10O10P2S+. The first-order chi connectivity index (χ1) is 23.4. The second-order valence-electron chi connectivity index (χ2n) is 10.6. The fourth-order valence-electron chi connectivity index (χ4n) is 4.71. The van der Waals surface area contributed by atoms with Crippen LogP contribution in [-0.4, -0.2) is 93.1 Å². The van der Waals surface area contributed by atoms with E-state index in [-0.39, 0.29) is 49.1 Å². The average molecular weight is 744 g/mol. The van der Waals surface area contributed by atoms with Crippen molar-refractivity contribution in [3.8, 4) is 6.07 Å². The summed E-state index contributed by atoms with van der Waals surface area (Å²) < 4.78 is 58.4. The quantitative estimate of drug-likeness (QED) is 0.0936. The van der Waals surface area contributed by atoms with E-state index in [1.54, 1.807) is 18.4 Å². The third-order valence-electron chi connectivity index (χ3n) is 7.00. The number of fused-ring (bicyclic) bond motifs is 2. The molecule has 0 aliphatic carbocycles. The van der Waals surface area contributed by atoms with E-state index in [1.807, 2.05) is 6.07 Å². The number of aliphatic hydroxyl groups excluding tert-OH is 1. The van der Waals surface area contributed by atoms with Gasteiger partial charge in [-0.25, -0.2) is 24.3 Å². The Bertz CT molecular complexity index is 1990. The number of aromatic nitrogens is 8. The molecule has 262 valence electrons. The van der Waals surface area contributed by atoms with Gasteiger partial charge >= 0.3 is 15.0 Å². The standard InChI is InChI=1S/C25H29FN10O10P2S/c1-13(2)22(38)33-25-32-21-18(23(39)34-25)30-12-36(21)24-19(46-47(40)41)17(26)15(45-24)10-44-48(49,42-6-3-4-27)43-7-5-35-16(9-37)31-14-8-28-11-29-20(14)35/h8,11-13,15,17,19,24,37H,3,5-7,9-10H2,1-2H3,(H2-,32,33,34,38,39,40,41)/p+1/t15-,17-,19-,24-,48?/m1/s1. The predicted octanol–water partition coefficient (Wildman–Crippen LogP) is 1.50. The second-order valence-corrected chi connectivity index (χ2v) is 14.3. The molecule has 2 unspecified atom stereocenters. The molecule has 0 aromatic carbocycles. The van der Waals surface area contributed by atoms with Crippen LogP contribution in [0.1, 0.15) is 32.3 Å². The molecule has 1 aliphatic rings. The highest BCUT2D eigenvalue weighted by atomic mass is 32.5. The molecule has 24 heteroatoms. The molecule has 5 rings (SSSR count). The van der Waals surface area contributed by atoms with Crippen molar-refractivity contribution < 1.29 is 46.6 Å². The van der Waals surface area contributed by atoms with Crippen molar-refractivity contribution in [3.05, 3.63) is 35.0 Å². The predicted molar refractivity (Wildman–Crippen MR) is 169 cm³/mol. The van der Waals surface area contributed by atoms with Crippen LogP contribution >= 0.6 is 15.0 Å². The number of carbonyl (C=O) groups is 1. The number of amides is 1. The van der Waals surface area contributed by atoms with Crippen LogP contribution in [-0.2, 0) is 57.1 Å². The van der Waals surface area contributed by atoms with Crippen molar-refractivity contribution in [3.63, 3.8) is 0 Å². The molecule has 0 radical (unpaired) electrons. The van der Waals surface area contributed by atoms with Gasteiger partial charge < -0.3 is 28.0 Å². The maximum absolute atomic E-state index is 15.9. The summed E-state index contributed by atoms with van der Waals surface area (Å²) in [5, 5.41) is 21.2. The fourth-order valence-corrected chi connectivity index (χ4v) is 6.94. The van der Waals surface area contributed by atoms with E-state index in [4.69, 9.17) is 39.9 Å². The molecule has 5 heterocycles. The number of hydrogen-bond donors (Lipinski definition) is 4. The largest absolute Gasteiger partial charge is 0.695 e. The molecule has 1 aliphatic heterocycles. The van der Waals surface area contributed by atoms with Gasteiger partial charge in [0.05, 0.1) is 44.8 Å². The minimum Gasteiger partial charge on any atom is -0.388 e. The number of aliphatic hydroxyl groups is 1. The van der Waals surface area contributed by atoms with E-state index in [1.165, 1.54) is 12.5 Å². The summed E-state index contributed by atoms with van der Waals surface area (Å²) in [6.45, 7) is -1.62. The molecule has 6 atom stereocenters. The van der Waals surface area contributed by atoms with Crippen molar-refractivity contribution in [2.24, 2.45) is 5.92 Å². The van der Waals surface area contributed by atoms with E-state index in [0.717, 1.165) is 10.9 Å². The minimum absolute atomic E-state index is 0.0600. The molecule has 49 heavy (non-hydrogen) atoms. The summed E-state index contributed by atoms with van der Waals surface area (Å²) in [7, 11) is -3.34. The first kappa shape index (κ1) is 36.5. The van der Waals surface area contributed by atoms with Gasteiger partial charge in [0.1, 0.15) is 30.4 Å². The molecule has 4 aromatic rings. The van der Waals surface area contributed by atoms with E-state index in [2.05, 4.69) is 35.2 Å². The number of alkyl halides is 1. The number of rotatable bonds is 16. The Labute approximate surface area is 281 Å².